The number of aryl methyl sites for hydroxylation is 2. The minimum absolute atomic E-state index is 0.0844. The number of amides is 1. The molecule has 138 valence electrons. The molecule has 0 bridgehead atoms. The van der Waals surface area contributed by atoms with Crippen LogP contribution in [0.5, 0.6) is 5.75 Å². The Morgan fingerprint density at radius 1 is 1.15 bits per heavy atom. The first-order valence-electron chi connectivity index (χ1n) is 8.21. The second kappa shape index (κ2) is 7.43. The lowest BCUT2D eigenvalue weighted by molar-refractivity contribution is -0.127. The molecule has 0 aliphatic heterocycles. The Bertz CT molecular complexity index is 931. The van der Waals surface area contributed by atoms with Crippen molar-refractivity contribution < 1.29 is 22.3 Å². The van der Waals surface area contributed by atoms with Gasteiger partial charge in [-0.1, -0.05) is 18.2 Å². The molecule has 0 saturated heterocycles. The molecule has 26 heavy (non-hydrogen) atoms. The fourth-order valence-electron chi connectivity index (χ4n) is 2.78. The topological polar surface area (TPSA) is 84.5 Å². The minimum atomic E-state index is -3.90. The molecule has 1 amide bonds. The van der Waals surface area contributed by atoms with Gasteiger partial charge in [0.05, 0.1) is 4.90 Å². The minimum Gasteiger partial charge on any atom is -0.478 e. The first kappa shape index (κ1) is 18.3. The molecule has 1 atom stereocenters. The van der Waals surface area contributed by atoms with Crippen LogP contribution in [-0.2, 0) is 27.7 Å². The highest BCUT2D eigenvalue weighted by atomic mass is 32.2. The van der Waals surface area contributed by atoms with Gasteiger partial charge in [-0.3, -0.25) is 10.2 Å². The average Bonchev–Trinajstić information content (AvgIpc) is 3.09. The molecule has 0 radical (unpaired) electrons. The summed E-state index contributed by atoms with van der Waals surface area (Å²) in [5, 5.41) is 0. The zero-order chi connectivity index (χ0) is 18.7. The summed E-state index contributed by atoms with van der Waals surface area (Å²) in [6.07, 6.45) is 1.71. The van der Waals surface area contributed by atoms with E-state index >= 15 is 0 Å². The van der Waals surface area contributed by atoms with Crippen LogP contribution in [0.3, 0.4) is 0 Å². The lowest BCUT2D eigenvalue weighted by Gasteiger charge is -2.16. The Kier molecular flexibility index (Phi) is 5.24. The predicted octanol–water partition coefficient (Wildman–Crippen LogP) is 2.09. The van der Waals surface area contributed by atoms with E-state index in [9.17, 15) is 17.6 Å². The van der Waals surface area contributed by atoms with Crippen molar-refractivity contribution in [3.05, 3.63) is 59.4 Å². The third-order valence-corrected chi connectivity index (χ3v) is 5.44. The summed E-state index contributed by atoms with van der Waals surface area (Å²) in [6, 6.07) is 10.6. The van der Waals surface area contributed by atoms with Crippen LogP contribution in [-0.4, -0.2) is 20.4 Å². The largest absolute Gasteiger partial charge is 0.478 e. The van der Waals surface area contributed by atoms with E-state index in [2.05, 4.69) is 5.43 Å². The predicted molar refractivity (Wildman–Crippen MR) is 93.4 cm³/mol. The molecule has 8 heteroatoms. The number of hydrogen-bond acceptors (Lipinski definition) is 4. The SMILES string of the molecule is C[C@@H](Oc1ccccc1F)C(=O)NNS(=O)(=O)c1ccc2c(c1)CCC2. The van der Waals surface area contributed by atoms with Crippen LogP contribution in [0.15, 0.2) is 47.4 Å². The molecule has 1 aliphatic carbocycles. The Hall–Kier alpha value is -2.45. The van der Waals surface area contributed by atoms with Gasteiger partial charge in [-0.05, 0) is 61.6 Å². The van der Waals surface area contributed by atoms with E-state index in [1.54, 1.807) is 18.2 Å². The lowest BCUT2D eigenvalue weighted by atomic mass is 10.1. The second-order valence-electron chi connectivity index (χ2n) is 6.07. The van der Waals surface area contributed by atoms with Crippen molar-refractivity contribution in [3.8, 4) is 5.75 Å². The van der Waals surface area contributed by atoms with Crippen molar-refractivity contribution in [1.29, 1.82) is 0 Å². The van der Waals surface area contributed by atoms with Crippen molar-refractivity contribution in [2.24, 2.45) is 0 Å². The normalized spacial score (nSPS) is 14.5. The number of benzene rings is 2. The van der Waals surface area contributed by atoms with Crippen LogP contribution in [0.2, 0.25) is 0 Å². The van der Waals surface area contributed by atoms with E-state index in [1.807, 2.05) is 4.83 Å². The van der Waals surface area contributed by atoms with Gasteiger partial charge < -0.3 is 4.74 Å². The van der Waals surface area contributed by atoms with Gasteiger partial charge in [0.15, 0.2) is 17.7 Å². The molecule has 2 N–H and O–H groups in total. The molecular weight excluding hydrogens is 359 g/mol. The number of halogens is 1. The molecule has 0 aromatic heterocycles. The fraction of sp³-hybridized carbons (Fsp3) is 0.278. The average molecular weight is 378 g/mol. The van der Waals surface area contributed by atoms with Gasteiger partial charge in [-0.15, -0.1) is 4.83 Å². The van der Waals surface area contributed by atoms with Crippen LogP contribution in [0, 0.1) is 5.82 Å². The summed E-state index contributed by atoms with van der Waals surface area (Å²) in [4.78, 5) is 14.2. The Morgan fingerprint density at radius 3 is 2.65 bits per heavy atom. The van der Waals surface area contributed by atoms with Gasteiger partial charge in [-0.2, -0.15) is 0 Å². The van der Waals surface area contributed by atoms with Crippen molar-refractivity contribution in [3.63, 3.8) is 0 Å². The quantitative estimate of drug-likeness (QED) is 0.754. The Morgan fingerprint density at radius 2 is 1.88 bits per heavy atom. The van der Waals surface area contributed by atoms with Gasteiger partial charge in [0.25, 0.3) is 15.9 Å². The van der Waals surface area contributed by atoms with E-state index in [1.165, 1.54) is 31.2 Å². The van der Waals surface area contributed by atoms with Gasteiger partial charge in [0.2, 0.25) is 0 Å². The first-order valence-corrected chi connectivity index (χ1v) is 9.70. The van der Waals surface area contributed by atoms with Crippen LogP contribution < -0.4 is 15.0 Å². The zero-order valence-electron chi connectivity index (χ0n) is 14.2. The third-order valence-electron chi connectivity index (χ3n) is 4.20. The van der Waals surface area contributed by atoms with Gasteiger partial charge in [0, 0.05) is 0 Å². The molecule has 3 rings (SSSR count). The van der Waals surface area contributed by atoms with Gasteiger partial charge >= 0.3 is 0 Å². The van der Waals surface area contributed by atoms with Gasteiger partial charge in [0.1, 0.15) is 0 Å². The number of ether oxygens (including phenoxy) is 1. The van der Waals surface area contributed by atoms with Crippen LogP contribution >= 0.6 is 0 Å². The molecule has 1 aliphatic rings. The van der Waals surface area contributed by atoms with Gasteiger partial charge in [-0.25, -0.2) is 12.8 Å². The summed E-state index contributed by atoms with van der Waals surface area (Å²) in [6.45, 7) is 1.39. The Labute approximate surface area is 151 Å². The standard InChI is InChI=1S/C18H19FN2O4S/c1-12(25-17-8-3-2-7-16(17)19)18(22)20-21-26(23,24)15-10-9-13-5-4-6-14(13)11-15/h2-3,7-12,21H,4-6H2,1H3,(H,20,22)/t12-/m1/s1. The molecule has 2 aromatic carbocycles. The molecule has 0 fully saturated rings. The molecule has 2 aromatic rings. The zero-order valence-corrected chi connectivity index (χ0v) is 15.0. The number of hydrogen-bond donors (Lipinski definition) is 2. The van der Waals surface area contributed by atoms with E-state index in [0.29, 0.717) is 0 Å². The van der Waals surface area contributed by atoms with Crippen molar-refractivity contribution in [2.75, 3.05) is 0 Å². The summed E-state index contributed by atoms with van der Waals surface area (Å²) in [5.41, 5.74) is 4.27. The third kappa shape index (κ3) is 4.03. The molecule has 0 spiro atoms. The molecule has 6 nitrogen and oxygen atoms in total. The van der Waals surface area contributed by atoms with Crippen molar-refractivity contribution in [2.45, 2.75) is 37.2 Å². The maximum Gasteiger partial charge on any atom is 0.275 e. The van der Waals surface area contributed by atoms with Crippen molar-refractivity contribution in [1.82, 2.24) is 10.3 Å². The van der Waals surface area contributed by atoms with Crippen LogP contribution in [0.25, 0.3) is 0 Å². The molecular formula is C18H19FN2O4S. The summed E-state index contributed by atoms with van der Waals surface area (Å²) in [7, 11) is -3.90. The van der Waals surface area contributed by atoms with Crippen LogP contribution in [0.4, 0.5) is 4.39 Å². The second-order valence-corrected chi connectivity index (χ2v) is 7.75. The maximum atomic E-state index is 13.6. The number of carbonyl (C=O) groups excluding carboxylic acids is 1. The first-order chi connectivity index (χ1) is 12.4. The van der Waals surface area contributed by atoms with Crippen LogP contribution in [0.1, 0.15) is 24.5 Å². The number of rotatable bonds is 6. The summed E-state index contributed by atoms with van der Waals surface area (Å²) < 4.78 is 43.5. The lowest BCUT2D eigenvalue weighted by Crippen LogP contribution is -2.47. The number of para-hydroxylation sites is 1. The van der Waals surface area contributed by atoms with E-state index in [-0.39, 0.29) is 10.6 Å². The highest BCUT2D eigenvalue weighted by Gasteiger charge is 2.21. The Balaban J connectivity index is 1.62. The van der Waals surface area contributed by atoms with E-state index in [0.717, 1.165) is 30.4 Å². The van der Waals surface area contributed by atoms with Crippen molar-refractivity contribution >= 4 is 15.9 Å². The number of fused-ring (bicyclic) bond motifs is 1. The summed E-state index contributed by atoms with van der Waals surface area (Å²) >= 11 is 0. The number of sulfonamides is 1. The highest BCUT2D eigenvalue weighted by Crippen LogP contribution is 2.24. The monoisotopic (exact) mass is 378 g/mol. The number of nitrogens with one attached hydrogen (secondary N) is 2. The number of carbonyl (C=O) groups is 1. The summed E-state index contributed by atoms with van der Waals surface area (Å²) in [5.74, 6) is -1.43. The highest BCUT2D eigenvalue weighted by molar-refractivity contribution is 7.89. The smallest absolute Gasteiger partial charge is 0.275 e. The molecule has 0 heterocycles. The maximum absolute atomic E-state index is 13.6. The number of hydrazine groups is 1. The fourth-order valence-corrected chi connectivity index (χ4v) is 3.68. The molecule has 0 saturated carbocycles. The van der Waals surface area contributed by atoms with E-state index < -0.39 is 27.9 Å². The van der Waals surface area contributed by atoms with E-state index in [4.69, 9.17) is 4.74 Å². The molecule has 0 unspecified atom stereocenters.